The molecule has 1 aromatic carbocycles. The summed E-state index contributed by atoms with van der Waals surface area (Å²) in [6.45, 7) is 0. The molecule has 1 aliphatic heterocycles. The first-order valence-corrected chi connectivity index (χ1v) is 8.20. The average Bonchev–Trinajstić information content (AvgIpc) is 2.61. The van der Waals surface area contributed by atoms with E-state index in [1.807, 2.05) is 37.2 Å². The Hall–Kier alpha value is -3.69. The van der Waals surface area contributed by atoms with E-state index in [-0.39, 0.29) is 23.0 Å². The number of aliphatic imine (C=N–C) groups is 1. The number of nitrogens with two attached hydrogens (primary N) is 2. The van der Waals surface area contributed by atoms with Crippen molar-refractivity contribution in [3.05, 3.63) is 39.9 Å². The van der Waals surface area contributed by atoms with Crippen LogP contribution in [-0.2, 0) is 0 Å². The summed E-state index contributed by atoms with van der Waals surface area (Å²) in [6, 6.07) is 6.82. The fraction of sp³-hybridized carbons (Fsp3) is 0.176. The highest BCUT2D eigenvalue weighted by Gasteiger charge is 2.30. The van der Waals surface area contributed by atoms with Crippen molar-refractivity contribution in [3.63, 3.8) is 0 Å². The third kappa shape index (κ3) is 3.12. The zero-order valence-corrected chi connectivity index (χ0v) is 15.3. The number of benzene rings is 1. The fourth-order valence-corrected chi connectivity index (χ4v) is 3.10. The van der Waals surface area contributed by atoms with E-state index in [1.54, 1.807) is 12.3 Å². The van der Waals surface area contributed by atoms with E-state index in [0.29, 0.717) is 22.0 Å². The number of anilines is 4. The van der Waals surface area contributed by atoms with Gasteiger partial charge in [-0.1, -0.05) is 17.7 Å². The molecule has 6 N–H and O–H groups in total. The zero-order chi connectivity index (χ0) is 19.7. The molecular weight excluding hydrogens is 366 g/mol. The topological polar surface area (TPSA) is 152 Å². The maximum absolute atomic E-state index is 9.35. The van der Waals surface area contributed by atoms with Crippen LogP contribution in [-0.4, -0.2) is 25.0 Å². The number of guanidine groups is 1. The van der Waals surface area contributed by atoms with Crippen LogP contribution in [0.4, 0.5) is 23.0 Å². The summed E-state index contributed by atoms with van der Waals surface area (Å²) in [5.41, 5.74) is 14.3. The monoisotopic (exact) mass is 381 g/mol. The summed E-state index contributed by atoms with van der Waals surface area (Å²) < 4.78 is 0. The number of nitriles is 2. The number of pyridine rings is 1. The number of hydrogen-bond acceptors (Lipinski definition) is 9. The summed E-state index contributed by atoms with van der Waals surface area (Å²) in [6.07, 6.45) is 1.81. The molecule has 0 saturated carbocycles. The number of hydrogen-bond donors (Lipinski definition) is 4. The minimum atomic E-state index is -0.666. The summed E-state index contributed by atoms with van der Waals surface area (Å²) in [5.74, 6) is 0.487. The van der Waals surface area contributed by atoms with Crippen molar-refractivity contribution in [2.45, 2.75) is 6.04 Å². The Morgan fingerprint density at radius 1 is 1.30 bits per heavy atom. The lowest BCUT2D eigenvalue weighted by molar-refractivity contribution is 0.846. The predicted octanol–water partition coefficient (Wildman–Crippen LogP) is 1.78. The van der Waals surface area contributed by atoms with Gasteiger partial charge in [-0.25, -0.2) is 9.98 Å². The van der Waals surface area contributed by atoms with E-state index in [4.69, 9.17) is 28.3 Å². The van der Waals surface area contributed by atoms with Gasteiger partial charge >= 0.3 is 0 Å². The molecule has 1 unspecified atom stereocenters. The van der Waals surface area contributed by atoms with Gasteiger partial charge < -0.3 is 21.7 Å². The molecule has 2 heterocycles. The van der Waals surface area contributed by atoms with Gasteiger partial charge in [0.2, 0.25) is 5.96 Å². The number of rotatable bonds is 2. The van der Waals surface area contributed by atoms with E-state index in [2.05, 4.69) is 20.6 Å². The third-order valence-corrected chi connectivity index (χ3v) is 4.48. The first kappa shape index (κ1) is 18.1. The van der Waals surface area contributed by atoms with Crippen LogP contribution < -0.4 is 27.0 Å². The van der Waals surface area contributed by atoms with Gasteiger partial charge in [0, 0.05) is 35.9 Å². The normalized spacial score (nSPS) is 14.9. The van der Waals surface area contributed by atoms with Crippen molar-refractivity contribution in [2.75, 3.05) is 35.8 Å². The lowest BCUT2D eigenvalue weighted by Gasteiger charge is -2.27. The molecule has 1 aromatic heterocycles. The molecule has 1 aliphatic rings. The second kappa shape index (κ2) is 6.90. The Labute approximate surface area is 160 Å². The molecule has 0 saturated heterocycles. The largest absolute Gasteiger partial charge is 0.397 e. The van der Waals surface area contributed by atoms with Crippen molar-refractivity contribution in [1.29, 1.82) is 10.5 Å². The number of aromatic nitrogens is 1. The molecule has 0 fully saturated rings. The maximum Gasteiger partial charge on any atom is 0.211 e. The number of fused-ring (bicyclic) bond motifs is 1. The number of nitrogen functional groups attached to an aromatic ring is 2. The highest BCUT2D eigenvalue weighted by molar-refractivity contribution is 6.31. The molecule has 0 bridgehead atoms. The first-order valence-electron chi connectivity index (χ1n) is 7.83. The van der Waals surface area contributed by atoms with Crippen LogP contribution in [0.15, 0.2) is 23.2 Å². The van der Waals surface area contributed by atoms with Gasteiger partial charge in [0.05, 0.1) is 5.69 Å². The predicted molar refractivity (Wildman–Crippen MR) is 105 cm³/mol. The van der Waals surface area contributed by atoms with E-state index in [1.165, 1.54) is 0 Å². The van der Waals surface area contributed by atoms with Crippen molar-refractivity contribution < 1.29 is 0 Å². The minimum absolute atomic E-state index is 0.00717. The quantitative estimate of drug-likeness (QED) is 0.453. The molecule has 136 valence electrons. The van der Waals surface area contributed by atoms with Gasteiger partial charge in [0.15, 0.2) is 6.19 Å². The van der Waals surface area contributed by atoms with Crippen LogP contribution in [0, 0.1) is 22.8 Å². The van der Waals surface area contributed by atoms with Crippen molar-refractivity contribution in [3.8, 4) is 12.3 Å². The molecule has 27 heavy (non-hydrogen) atoms. The smallest absolute Gasteiger partial charge is 0.211 e. The second-order valence-electron chi connectivity index (χ2n) is 6.00. The van der Waals surface area contributed by atoms with E-state index < -0.39 is 6.04 Å². The average molecular weight is 382 g/mol. The Morgan fingerprint density at radius 3 is 2.63 bits per heavy atom. The Bertz CT molecular complexity index is 1030. The van der Waals surface area contributed by atoms with Gasteiger partial charge in [-0.15, -0.1) is 0 Å². The molecule has 0 amide bonds. The van der Waals surface area contributed by atoms with Crippen LogP contribution in [0.5, 0.6) is 0 Å². The molecule has 9 nitrogen and oxygen atoms in total. The maximum atomic E-state index is 9.35. The molecule has 0 radical (unpaired) electrons. The van der Waals surface area contributed by atoms with Gasteiger partial charge in [0.25, 0.3) is 0 Å². The SMILES string of the molecule is CN(C)c1ccc(C2N=C(NC#N)Nc3nc(N)c(C#N)c(N)c32)c(Cl)c1. The van der Waals surface area contributed by atoms with E-state index in [0.717, 1.165) is 5.69 Å². The Morgan fingerprint density at radius 2 is 2.04 bits per heavy atom. The van der Waals surface area contributed by atoms with Gasteiger partial charge in [-0.05, 0) is 12.1 Å². The second-order valence-corrected chi connectivity index (χ2v) is 6.41. The number of nitrogens with one attached hydrogen (secondary N) is 2. The lowest BCUT2D eigenvalue weighted by Crippen LogP contribution is -2.32. The number of halogens is 1. The first-order chi connectivity index (χ1) is 12.9. The van der Waals surface area contributed by atoms with Crippen LogP contribution in [0.2, 0.25) is 5.02 Å². The van der Waals surface area contributed by atoms with Gasteiger partial charge in [-0.3, -0.25) is 5.32 Å². The van der Waals surface area contributed by atoms with E-state index in [9.17, 15) is 5.26 Å². The molecule has 10 heteroatoms. The standard InChI is InChI=1S/C17H16ClN9/c1-27(2)8-3-4-9(11(18)5-8)14-12-13(21)10(6-19)15(22)25-16(12)26-17(24-14)23-7-20/h3-5,14H,1-2H3,(H6,21,22,23,24,25,26). The fourth-order valence-electron chi connectivity index (χ4n) is 2.82. The van der Waals surface area contributed by atoms with Crippen LogP contribution in [0.1, 0.15) is 22.7 Å². The summed E-state index contributed by atoms with van der Waals surface area (Å²) in [4.78, 5) is 10.6. The molecule has 3 rings (SSSR count). The van der Waals surface area contributed by atoms with Crippen LogP contribution in [0.25, 0.3) is 0 Å². The third-order valence-electron chi connectivity index (χ3n) is 4.15. The van der Waals surface area contributed by atoms with Gasteiger partial charge in [-0.2, -0.15) is 10.5 Å². The Balaban J connectivity index is 2.24. The lowest BCUT2D eigenvalue weighted by atomic mass is 9.95. The highest BCUT2D eigenvalue weighted by Crippen LogP contribution is 2.42. The summed E-state index contributed by atoms with van der Waals surface area (Å²) >= 11 is 6.50. The van der Waals surface area contributed by atoms with Crippen LogP contribution >= 0.6 is 11.6 Å². The summed E-state index contributed by atoms with van der Waals surface area (Å²) in [7, 11) is 3.81. The molecule has 2 aromatic rings. The minimum Gasteiger partial charge on any atom is -0.397 e. The molecule has 1 atom stereocenters. The Kier molecular flexibility index (Phi) is 4.63. The molecular formula is C17H16ClN9. The highest BCUT2D eigenvalue weighted by atomic mass is 35.5. The van der Waals surface area contributed by atoms with Gasteiger partial charge in [0.1, 0.15) is 29.3 Å². The van der Waals surface area contributed by atoms with Crippen molar-refractivity contribution >= 4 is 40.6 Å². The zero-order valence-electron chi connectivity index (χ0n) is 14.6. The molecule has 0 spiro atoms. The van der Waals surface area contributed by atoms with Crippen molar-refractivity contribution in [1.82, 2.24) is 10.3 Å². The summed E-state index contributed by atoms with van der Waals surface area (Å²) in [5, 5.41) is 24.1. The molecule has 0 aliphatic carbocycles. The van der Waals surface area contributed by atoms with Crippen molar-refractivity contribution in [2.24, 2.45) is 4.99 Å². The number of nitrogens with zero attached hydrogens (tertiary/aromatic N) is 5. The van der Waals surface area contributed by atoms with Crippen LogP contribution in [0.3, 0.4) is 0 Å². The van der Waals surface area contributed by atoms with E-state index >= 15 is 0 Å².